The van der Waals surface area contributed by atoms with Crippen LogP contribution in [-0.4, -0.2) is 32.1 Å². The first-order chi connectivity index (χ1) is 10.7. The molecule has 1 aromatic rings. The van der Waals surface area contributed by atoms with Crippen molar-refractivity contribution in [2.75, 3.05) is 26.2 Å². The lowest BCUT2D eigenvalue weighted by atomic mass is 10.00. The maximum Gasteiger partial charge on any atom is 0.220 e. The van der Waals surface area contributed by atoms with Crippen LogP contribution in [0.4, 0.5) is 0 Å². The lowest BCUT2D eigenvalue weighted by Gasteiger charge is -2.22. The fourth-order valence-electron chi connectivity index (χ4n) is 2.73. The summed E-state index contributed by atoms with van der Waals surface area (Å²) in [6.07, 6.45) is 4.82. The van der Waals surface area contributed by atoms with Crippen molar-refractivity contribution in [3.05, 3.63) is 29.8 Å². The smallest absolute Gasteiger partial charge is 0.220 e. The van der Waals surface area contributed by atoms with Crippen molar-refractivity contribution >= 4 is 18.3 Å². The van der Waals surface area contributed by atoms with Crippen LogP contribution in [0.2, 0.25) is 0 Å². The Morgan fingerprint density at radius 3 is 3.00 bits per heavy atom. The summed E-state index contributed by atoms with van der Waals surface area (Å²) in [5.41, 5.74) is 1.20. The van der Waals surface area contributed by atoms with Gasteiger partial charge in [-0.25, -0.2) is 0 Å². The van der Waals surface area contributed by atoms with E-state index in [0.29, 0.717) is 18.9 Å². The molecule has 1 fully saturated rings. The molecule has 0 bridgehead atoms. The van der Waals surface area contributed by atoms with Crippen LogP contribution in [0.15, 0.2) is 24.3 Å². The van der Waals surface area contributed by atoms with E-state index in [4.69, 9.17) is 4.74 Å². The molecule has 1 aromatic carbocycles. The van der Waals surface area contributed by atoms with E-state index in [0.717, 1.165) is 38.2 Å². The minimum atomic E-state index is 0. The fourth-order valence-corrected chi connectivity index (χ4v) is 2.73. The molecule has 4 nitrogen and oxygen atoms in total. The number of carbonyl (C=O) groups excluding carboxylic acids is 1. The van der Waals surface area contributed by atoms with E-state index >= 15 is 0 Å². The molecule has 5 heteroatoms. The van der Waals surface area contributed by atoms with Gasteiger partial charge < -0.3 is 15.4 Å². The Morgan fingerprint density at radius 2 is 2.26 bits per heavy atom. The average molecular weight is 341 g/mol. The molecule has 1 atom stereocenters. The summed E-state index contributed by atoms with van der Waals surface area (Å²) in [6, 6.07) is 8.06. The Hall–Kier alpha value is -1.26. The van der Waals surface area contributed by atoms with E-state index in [-0.39, 0.29) is 18.3 Å². The van der Waals surface area contributed by atoms with Crippen molar-refractivity contribution in [2.24, 2.45) is 5.92 Å². The van der Waals surface area contributed by atoms with E-state index in [1.165, 1.54) is 18.4 Å². The predicted molar refractivity (Wildman–Crippen MR) is 96.4 cm³/mol. The number of nitrogens with one attached hydrogen (secondary N) is 2. The number of ether oxygens (including phenoxy) is 1. The quantitative estimate of drug-likeness (QED) is 0.715. The maximum absolute atomic E-state index is 11.8. The van der Waals surface area contributed by atoms with Gasteiger partial charge in [0.15, 0.2) is 0 Å². The van der Waals surface area contributed by atoms with Gasteiger partial charge in [0.25, 0.3) is 0 Å². The van der Waals surface area contributed by atoms with Crippen LogP contribution >= 0.6 is 12.4 Å². The van der Waals surface area contributed by atoms with Crippen molar-refractivity contribution < 1.29 is 9.53 Å². The van der Waals surface area contributed by atoms with Crippen molar-refractivity contribution in [2.45, 2.75) is 39.0 Å². The normalized spacial score (nSPS) is 17.2. The highest BCUT2D eigenvalue weighted by Crippen LogP contribution is 2.13. The van der Waals surface area contributed by atoms with Crippen LogP contribution in [0, 0.1) is 12.8 Å². The number of carbonyl (C=O) groups is 1. The molecule has 130 valence electrons. The van der Waals surface area contributed by atoms with E-state index in [9.17, 15) is 4.79 Å². The number of piperidine rings is 1. The number of benzene rings is 1. The molecule has 2 rings (SSSR count). The second kappa shape index (κ2) is 11.3. The van der Waals surface area contributed by atoms with Crippen LogP contribution in [0.25, 0.3) is 0 Å². The Bertz CT molecular complexity index is 462. The van der Waals surface area contributed by atoms with Gasteiger partial charge in [-0.3, -0.25) is 4.79 Å². The van der Waals surface area contributed by atoms with Gasteiger partial charge in [0, 0.05) is 13.0 Å². The van der Waals surface area contributed by atoms with E-state index in [2.05, 4.69) is 23.6 Å². The zero-order chi connectivity index (χ0) is 15.6. The zero-order valence-electron chi connectivity index (χ0n) is 14.0. The molecule has 1 aliphatic heterocycles. The van der Waals surface area contributed by atoms with Crippen molar-refractivity contribution in [3.63, 3.8) is 0 Å². The Labute approximate surface area is 145 Å². The highest BCUT2D eigenvalue weighted by Gasteiger charge is 2.13. The molecule has 0 aliphatic carbocycles. The van der Waals surface area contributed by atoms with Crippen LogP contribution < -0.4 is 15.4 Å². The van der Waals surface area contributed by atoms with Gasteiger partial charge in [-0.05, 0) is 69.3 Å². The summed E-state index contributed by atoms with van der Waals surface area (Å²) in [5.74, 6) is 1.68. The van der Waals surface area contributed by atoms with Gasteiger partial charge in [0.2, 0.25) is 5.91 Å². The minimum absolute atomic E-state index is 0. The number of rotatable bonds is 8. The third-order valence-electron chi connectivity index (χ3n) is 4.04. The highest BCUT2D eigenvalue weighted by molar-refractivity contribution is 5.85. The van der Waals surface area contributed by atoms with E-state index < -0.39 is 0 Å². The van der Waals surface area contributed by atoms with Gasteiger partial charge in [-0.15, -0.1) is 12.4 Å². The fraction of sp³-hybridized carbons (Fsp3) is 0.611. The molecule has 1 heterocycles. The van der Waals surface area contributed by atoms with Gasteiger partial charge in [-0.2, -0.15) is 0 Å². The molecule has 1 aliphatic rings. The monoisotopic (exact) mass is 340 g/mol. The number of hydrogen-bond acceptors (Lipinski definition) is 3. The second-order valence-corrected chi connectivity index (χ2v) is 6.14. The number of hydrogen-bond donors (Lipinski definition) is 2. The molecule has 1 saturated heterocycles. The molecule has 0 saturated carbocycles. The summed E-state index contributed by atoms with van der Waals surface area (Å²) < 4.78 is 5.68. The first kappa shape index (κ1) is 19.8. The molecule has 0 spiro atoms. The number of halogens is 1. The molecule has 1 amide bonds. The largest absolute Gasteiger partial charge is 0.494 e. The molecule has 2 N–H and O–H groups in total. The SMILES string of the molecule is Cc1cccc(OCCCCC(=O)NCC2CCCNC2)c1.Cl. The standard InChI is InChI=1S/C18H28N2O2.ClH/c1-15-6-4-8-17(12-15)22-11-3-2-9-18(21)20-14-16-7-5-10-19-13-16;/h4,6,8,12,16,19H,2-3,5,7,9-11,13-14H2,1H3,(H,20,21);1H. The first-order valence-corrected chi connectivity index (χ1v) is 8.41. The summed E-state index contributed by atoms with van der Waals surface area (Å²) in [7, 11) is 0. The van der Waals surface area contributed by atoms with Gasteiger partial charge >= 0.3 is 0 Å². The van der Waals surface area contributed by atoms with Crippen LogP contribution in [0.3, 0.4) is 0 Å². The predicted octanol–water partition coefficient (Wildman–Crippen LogP) is 3.08. The highest BCUT2D eigenvalue weighted by atomic mass is 35.5. The van der Waals surface area contributed by atoms with E-state index in [1.54, 1.807) is 0 Å². The number of unbranched alkanes of at least 4 members (excludes halogenated alkanes) is 1. The third kappa shape index (κ3) is 8.24. The molecule has 1 unspecified atom stereocenters. The van der Waals surface area contributed by atoms with Crippen LogP contribution in [0.1, 0.15) is 37.7 Å². The molecule has 0 aromatic heterocycles. The summed E-state index contributed by atoms with van der Waals surface area (Å²) in [4.78, 5) is 11.8. The summed E-state index contributed by atoms with van der Waals surface area (Å²) >= 11 is 0. The van der Waals surface area contributed by atoms with Gasteiger partial charge in [0.1, 0.15) is 5.75 Å². The third-order valence-corrected chi connectivity index (χ3v) is 4.04. The molecular formula is C18H29ClN2O2. The topological polar surface area (TPSA) is 50.4 Å². The number of aryl methyl sites for hydroxylation is 1. The summed E-state index contributed by atoms with van der Waals surface area (Å²) in [5, 5.41) is 6.42. The first-order valence-electron chi connectivity index (χ1n) is 8.41. The van der Waals surface area contributed by atoms with Gasteiger partial charge in [-0.1, -0.05) is 12.1 Å². The second-order valence-electron chi connectivity index (χ2n) is 6.14. The Kier molecular flexibility index (Phi) is 9.72. The van der Waals surface area contributed by atoms with Crippen molar-refractivity contribution in [1.82, 2.24) is 10.6 Å². The Morgan fingerprint density at radius 1 is 1.39 bits per heavy atom. The maximum atomic E-state index is 11.8. The van der Waals surface area contributed by atoms with Gasteiger partial charge in [0.05, 0.1) is 6.61 Å². The average Bonchev–Trinajstić information content (AvgIpc) is 2.54. The van der Waals surface area contributed by atoms with Crippen LogP contribution in [0.5, 0.6) is 5.75 Å². The van der Waals surface area contributed by atoms with Crippen molar-refractivity contribution in [1.29, 1.82) is 0 Å². The number of amides is 1. The minimum Gasteiger partial charge on any atom is -0.494 e. The summed E-state index contributed by atoms with van der Waals surface area (Å²) in [6.45, 7) is 5.68. The lowest BCUT2D eigenvalue weighted by molar-refractivity contribution is -0.121. The van der Waals surface area contributed by atoms with Crippen molar-refractivity contribution in [3.8, 4) is 5.75 Å². The molecule has 23 heavy (non-hydrogen) atoms. The molecular weight excluding hydrogens is 312 g/mol. The van der Waals surface area contributed by atoms with Crippen LogP contribution in [-0.2, 0) is 4.79 Å². The molecule has 0 radical (unpaired) electrons. The Balaban J connectivity index is 0.00000264. The zero-order valence-corrected chi connectivity index (χ0v) is 14.8. The van der Waals surface area contributed by atoms with E-state index in [1.807, 2.05) is 18.2 Å². The lowest BCUT2D eigenvalue weighted by Crippen LogP contribution is -2.38.